The Kier molecular flexibility index (Phi) is 3.92. The number of aliphatic carboxylic acids is 1. The summed E-state index contributed by atoms with van der Waals surface area (Å²) >= 11 is 5.89. The van der Waals surface area contributed by atoms with Crippen LogP contribution in [0.5, 0.6) is 0 Å². The molecule has 3 nitrogen and oxygen atoms in total. The highest BCUT2D eigenvalue weighted by Crippen LogP contribution is 2.26. The van der Waals surface area contributed by atoms with E-state index in [2.05, 4.69) is 0 Å². The smallest absolute Gasteiger partial charge is 0.311 e. The zero-order valence-corrected chi connectivity index (χ0v) is 8.37. The summed E-state index contributed by atoms with van der Waals surface area (Å²) in [6, 6.07) is 6.95. The first-order valence-electron chi connectivity index (χ1n) is 4.34. The van der Waals surface area contributed by atoms with Gasteiger partial charge in [-0.1, -0.05) is 29.8 Å². The van der Waals surface area contributed by atoms with Crippen molar-refractivity contribution in [2.75, 3.05) is 6.54 Å². The minimum absolute atomic E-state index is 0.336. The molecule has 3 N–H and O–H groups in total. The van der Waals surface area contributed by atoms with Gasteiger partial charge in [0.05, 0.1) is 5.92 Å². The van der Waals surface area contributed by atoms with Gasteiger partial charge in [-0.2, -0.15) is 0 Å². The van der Waals surface area contributed by atoms with Crippen LogP contribution < -0.4 is 5.73 Å². The van der Waals surface area contributed by atoms with Crippen LogP contribution in [0.3, 0.4) is 0 Å². The summed E-state index contributed by atoms with van der Waals surface area (Å²) in [7, 11) is 0. The molecule has 1 rings (SSSR count). The van der Waals surface area contributed by atoms with Crippen LogP contribution in [0, 0.1) is 0 Å². The summed E-state index contributed by atoms with van der Waals surface area (Å²) in [5.41, 5.74) is 5.98. The fraction of sp³-hybridized carbons (Fsp3) is 0.300. The molecule has 0 amide bonds. The summed E-state index contributed by atoms with van der Waals surface area (Å²) < 4.78 is 0. The van der Waals surface area contributed by atoms with Crippen molar-refractivity contribution in [3.8, 4) is 0 Å². The topological polar surface area (TPSA) is 63.3 Å². The number of rotatable bonds is 4. The number of nitrogens with two attached hydrogens (primary N) is 1. The third-order valence-corrected chi connectivity index (χ3v) is 2.38. The Hall–Kier alpha value is -1.06. The van der Waals surface area contributed by atoms with Gasteiger partial charge in [-0.15, -0.1) is 0 Å². The minimum Gasteiger partial charge on any atom is -0.481 e. The summed E-state index contributed by atoms with van der Waals surface area (Å²) in [4.78, 5) is 10.9. The summed E-state index contributed by atoms with van der Waals surface area (Å²) in [6.45, 7) is 0.336. The summed E-state index contributed by atoms with van der Waals surface area (Å²) in [5.74, 6) is -1.49. The van der Waals surface area contributed by atoms with E-state index in [0.717, 1.165) is 0 Å². The lowest BCUT2D eigenvalue weighted by atomic mass is 9.96. The van der Waals surface area contributed by atoms with E-state index < -0.39 is 11.9 Å². The van der Waals surface area contributed by atoms with Crippen LogP contribution in [0.2, 0.25) is 5.02 Å². The zero-order chi connectivity index (χ0) is 10.6. The van der Waals surface area contributed by atoms with E-state index in [4.69, 9.17) is 22.4 Å². The van der Waals surface area contributed by atoms with Crippen molar-refractivity contribution in [1.29, 1.82) is 0 Å². The first-order chi connectivity index (χ1) is 6.66. The lowest BCUT2D eigenvalue weighted by molar-refractivity contribution is -0.138. The number of halogens is 1. The average Bonchev–Trinajstić information content (AvgIpc) is 2.15. The SMILES string of the molecule is NCC[C@@H](C(=O)O)c1ccccc1Cl. The number of carboxylic acid groups (broad SMARTS) is 1. The first-order valence-corrected chi connectivity index (χ1v) is 4.72. The Labute approximate surface area is 87.5 Å². The molecule has 0 fully saturated rings. The Bertz CT molecular complexity index is 328. The molecule has 76 valence electrons. The van der Waals surface area contributed by atoms with Crippen LogP contribution in [0.4, 0.5) is 0 Å². The molecule has 1 aromatic rings. The zero-order valence-electron chi connectivity index (χ0n) is 7.61. The van der Waals surface area contributed by atoms with Gasteiger partial charge in [0.2, 0.25) is 0 Å². The van der Waals surface area contributed by atoms with Crippen LogP contribution >= 0.6 is 11.6 Å². The number of carbonyl (C=O) groups is 1. The van der Waals surface area contributed by atoms with Crippen molar-refractivity contribution in [3.63, 3.8) is 0 Å². The second kappa shape index (κ2) is 4.98. The standard InChI is InChI=1S/C10H12ClNO2/c11-9-4-2-1-3-7(9)8(5-6-12)10(13)14/h1-4,8H,5-6,12H2,(H,13,14)/t8-/m1/s1. The highest BCUT2D eigenvalue weighted by molar-refractivity contribution is 6.31. The molecule has 0 aliphatic carbocycles. The highest BCUT2D eigenvalue weighted by atomic mass is 35.5. The van der Waals surface area contributed by atoms with Gasteiger partial charge in [0.25, 0.3) is 0 Å². The fourth-order valence-corrected chi connectivity index (χ4v) is 1.60. The van der Waals surface area contributed by atoms with E-state index in [0.29, 0.717) is 23.6 Å². The molecule has 0 radical (unpaired) electrons. The van der Waals surface area contributed by atoms with Gasteiger partial charge < -0.3 is 10.8 Å². The second-order valence-electron chi connectivity index (χ2n) is 2.99. The molecule has 0 aliphatic rings. The molecular formula is C10H12ClNO2. The van der Waals surface area contributed by atoms with Crippen LogP contribution in [0.15, 0.2) is 24.3 Å². The molecular weight excluding hydrogens is 202 g/mol. The molecule has 0 saturated carbocycles. The molecule has 0 aromatic heterocycles. The van der Waals surface area contributed by atoms with Crippen LogP contribution in [0.25, 0.3) is 0 Å². The fourth-order valence-electron chi connectivity index (χ4n) is 1.34. The molecule has 0 unspecified atom stereocenters. The van der Waals surface area contributed by atoms with Gasteiger partial charge in [-0.25, -0.2) is 0 Å². The monoisotopic (exact) mass is 213 g/mol. The maximum Gasteiger partial charge on any atom is 0.311 e. The number of carboxylic acids is 1. The molecule has 1 atom stereocenters. The quantitative estimate of drug-likeness (QED) is 0.803. The van der Waals surface area contributed by atoms with Crippen molar-refractivity contribution >= 4 is 17.6 Å². The van der Waals surface area contributed by atoms with E-state index in [-0.39, 0.29) is 0 Å². The Balaban J connectivity index is 2.99. The van der Waals surface area contributed by atoms with E-state index in [1.807, 2.05) is 0 Å². The van der Waals surface area contributed by atoms with Crippen molar-refractivity contribution < 1.29 is 9.90 Å². The normalized spacial score (nSPS) is 12.4. The molecule has 0 spiro atoms. The molecule has 0 heterocycles. The molecule has 1 aromatic carbocycles. The predicted molar refractivity (Wildman–Crippen MR) is 55.5 cm³/mol. The second-order valence-corrected chi connectivity index (χ2v) is 3.40. The van der Waals surface area contributed by atoms with Gasteiger partial charge in [-0.05, 0) is 24.6 Å². The van der Waals surface area contributed by atoms with Crippen molar-refractivity contribution in [1.82, 2.24) is 0 Å². The Morgan fingerprint density at radius 3 is 2.64 bits per heavy atom. The van der Waals surface area contributed by atoms with E-state index in [1.165, 1.54) is 0 Å². The maximum atomic E-state index is 10.9. The Morgan fingerprint density at radius 2 is 2.14 bits per heavy atom. The molecule has 0 bridgehead atoms. The van der Waals surface area contributed by atoms with Crippen LogP contribution in [0.1, 0.15) is 17.9 Å². The lowest BCUT2D eigenvalue weighted by Gasteiger charge is -2.12. The van der Waals surface area contributed by atoms with Gasteiger partial charge in [0.15, 0.2) is 0 Å². The highest BCUT2D eigenvalue weighted by Gasteiger charge is 2.20. The van der Waals surface area contributed by atoms with E-state index in [1.54, 1.807) is 24.3 Å². The van der Waals surface area contributed by atoms with Gasteiger partial charge in [-0.3, -0.25) is 4.79 Å². The van der Waals surface area contributed by atoms with Crippen molar-refractivity contribution in [3.05, 3.63) is 34.9 Å². The van der Waals surface area contributed by atoms with E-state index >= 15 is 0 Å². The lowest BCUT2D eigenvalue weighted by Crippen LogP contribution is -2.16. The van der Waals surface area contributed by atoms with Gasteiger partial charge in [0, 0.05) is 5.02 Å². The van der Waals surface area contributed by atoms with Crippen molar-refractivity contribution in [2.45, 2.75) is 12.3 Å². The van der Waals surface area contributed by atoms with Gasteiger partial charge in [0.1, 0.15) is 0 Å². The van der Waals surface area contributed by atoms with E-state index in [9.17, 15) is 4.79 Å². The molecule has 0 aliphatic heterocycles. The predicted octanol–water partition coefficient (Wildman–Crippen LogP) is 1.86. The summed E-state index contributed by atoms with van der Waals surface area (Å²) in [5, 5.41) is 9.45. The van der Waals surface area contributed by atoms with Gasteiger partial charge >= 0.3 is 5.97 Å². The largest absolute Gasteiger partial charge is 0.481 e. The Morgan fingerprint density at radius 1 is 1.50 bits per heavy atom. The third-order valence-electron chi connectivity index (χ3n) is 2.03. The maximum absolute atomic E-state index is 10.9. The average molecular weight is 214 g/mol. The van der Waals surface area contributed by atoms with Crippen LogP contribution in [-0.4, -0.2) is 17.6 Å². The van der Waals surface area contributed by atoms with Crippen molar-refractivity contribution in [2.24, 2.45) is 5.73 Å². The number of hydrogen-bond donors (Lipinski definition) is 2. The molecule has 14 heavy (non-hydrogen) atoms. The third kappa shape index (κ3) is 2.47. The molecule has 4 heteroatoms. The molecule has 0 saturated heterocycles. The number of hydrogen-bond acceptors (Lipinski definition) is 2. The minimum atomic E-state index is -0.886. The summed E-state index contributed by atoms with van der Waals surface area (Å²) in [6.07, 6.45) is 0.402. The number of benzene rings is 1. The van der Waals surface area contributed by atoms with Crippen LogP contribution in [-0.2, 0) is 4.79 Å². The first kappa shape index (κ1) is 11.0.